The number of amides is 1. The predicted octanol–water partition coefficient (Wildman–Crippen LogP) is 3.47. The van der Waals surface area contributed by atoms with Crippen molar-refractivity contribution in [3.05, 3.63) is 54.9 Å². The van der Waals surface area contributed by atoms with Crippen LogP contribution in [0.3, 0.4) is 0 Å². The van der Waals surface area contributed by atoms with Crippen molar-refractivity contribution in [3.8, 4) is 11.1 Å². The van der Waals surface area contributed by atoms with Gasteiger partial charge < -0.3 is 9.30 Å². The molecule has 1 atom stereocenters. The summed E-state index contributed by atoms with van der Waals surface area (Å²) in [6, 6.07) is 8.35. The number of carbonyl (C=O) groups excluding carboxylic acids is 1. The van der Waals surface area contributed by atoms with E-state index in [2.05, 4.69) is 43.7 Å². The van der Waals surface area contributed by atoms with Crippen molar-refractivity contribution >= 4 is 11.4 Å². The molecule has 25 heavy (non-hydrogen) atoms. The summed E-state index contributed by atoms with van der Waals surface area (Å²) in [5, 5.41) is 0. The minimum absolute atomic E-state index is 0.127. The van der Waals surface area contributed by atoms with Gasteiger partial charge in [-0.1, -0.05) is 12.1 Å². The number of likely N-dealkylation sites (tertiary alicyclic amines) is 1. The molecule has 3 aromatic rings. The summed E-state index contributed by atoms with van der Waals surface area (Å²) in [5.74, 6) is 0.599. The van der Waals surface area contributed by atoms with Crippen LogP contribution in [0.15, 0.2) is 49.2 Å². The van der Waals surface area contributed by atoms with Crippen LogP contribution in [-0.2, 0) is 4.79 Å². The fraction of sp³-hybridized carbons (Fsp3) is 0.350. The molecule has 3 aromatic heterocycles. The molecule has 0 spiro atoms. The van der Waals surface area contributed by atoms with E-state index < -0.39 is 0 Å². The average Bonchev–Trinajstić information content (AvgIpc) is 3.25. The van der Waals surface area contributed by atoms with E-state index in [-0.39, 0.29) is 12.0 Å². The van der Waals surface area contributed by atoms with Crippen LogP contribution in [0.2, 0.25) is 0 Å². The predicted molar refractivity (Wildman–Crippen MR) is 94.8 cm³/mol. The van der Waals surface area contributed by atoms with Crippen LogP contribution >= 0.6 is 0 Å². The van der Waals surface area contributed by atoms with Crippen LogP contribution in [0.5, 0.6) is 0 Å². The van der Waals surface area contributed by atoms with E-state index in [1.54, 1.807) is 6.20 Å². The van der Waals surface area contributed by atoms with Gasteiger partial charge in [0.2, 0.25) is 5.91 Å². The van der Waals surface area contributed by atoms with Crippen LogP contribution in [-0.4, -0.2) is 31.7 Å². The molecule has 1 amide bonds. The maximum absolute atomic E-state index is 12.6. The molecular formula is C20H20N4O. The highest BCUT2D eigenvalue weighted by atomic mass is 16.2. The second-order valence-corrected chi connectivity index (χ2v) is 7.05. The molecule has 0 bridgehead atoms. The second kappa shape index (κ2) is 5.69. The number of imidazole rings is 1. The van der Waals surface area contributed by atoms with Crippen LogP contribution < -0.4 is 0 Å². The van der Waals surface area contributed by atoms with Crippen LogP contribution in [0.1, 0.15) is 37.4 Å². The third-order valence-electron chi connectivity index (χ3n) is 5.33. The summed E-state index contributed by atoms with van der Waals surface area (Å²) in [7, 11) is 0. The second-order valence-electron chi connectivity index (χ2n) is 7.05. The minimum Gasteiger partial charge on any atom is -0.334 e. The van der Waals surface area contributed by atoms with Crippen LogP contribution in [0, 0.1) is 5.92 Å². The molecule has 0 unspecified atom stereocenters. The van der Waals surface area contributed by atoms with Crippen molar-refractivity contribution in [1.29, 1.82) is 0 Å². The number of carbonyl (C=O) groups is 1. The summed E-state index contributed by atoms with van der Waals surface area (Å²) in [5.41, 5.74) is 4.32. The van der Waals surface area contributed by atoms with Gasteiger partial charge in [-0.05, 0) is 43.4 Å². The summed E-state index contributed by atoms with van der Waals surface area (Å²) in [6.45, 7) is 0.868. The molecule has 126 valence electrons. The van der Waals surface area contributed by atoms with Crippen molar-refractivity contribution in [1.82, 2.24) is 19.3 Å². The standard InChI is InChI=1S/C20H20N4O/c25-20(14-5-6-14)24-10-2-4-18(24)19-17-8-7-16(12-23(17)13-22-19)15-3-1-9-21-11-15/h1,3,7-9,11-14,18H,2,4-6,10H2/t18-/m1/s1. The topological polar surface area (TPSA) is 50.5 Å². The highest BCUT2D eigenvalue weighted by Crippen LogP contribution is 2.39. The number of aromatic nitrogens is 3. The molecule has 4 heterocycles. The van der Waals surface area contributed by atoms with Gasteiger partial charge in [0.05, 0.1) is 23.6 Å². The number of pyridine rings is 2. The van der Waals surface area contributed by atoms with E-state index in [1.807, 2.05) is 18.6 Å². The van der Waals surface area contributed by atoms with Crippen molar-refractivity contribution in [2.75, 3.05) is 6.54 Å². The molecule has 2 fully saturated rings. The molecule has 5 heteroatoms. The largest absolute Gasteiger partial charge is 0.334 e. The number of nitrogens with zero attached hydrogens (tertiary/aromatic N) is 4. The first-order chi connectivity index (χ1) is 12.3. The molecule has 5 nitrogen and oxygen atoms in total. The Balaban J connectivity index is 1.51. The molecule has 2 aliphatic rings. The molecule has 1 aliphatic heterocycles. The lowest BCUT2D eigenvalue weighted by Gasteiger charge is -2.23. The molecule has 0 aromatic carbocycles. The van der Waals surface area contributed by atoms with Crippen molar-refractivity contribution in [3.63, 3.8) is 0 Å². The van der Waals surface area contributed by atoms with Gasteiger partial charge in [0.15, 0.2) is 0 Å². The first-order valence-electron chi connectivity index (χ1n) is 8.99. The normalized spacial score (nSPS) is 20.3. The first kappa shape index (κ1) is 14.6. The van der Waals surface area contributed by atoms with E-state index in [4.69, 9.17) is 0 Å². The lowest BCUT2D eigenvalue weighted by atomic mass is 10.1. The van der Waals surface area contributed by atoms with Gasteiger partial charge in [0.1, 0.15) is 0 Å². The Labute approximate surface area is 146 Å². The fourth-order valence-corrected chi connectivity index (χ4v) is 3.86. The van der Waals surface area contributed by atoms with E-state index in [0.717, 1.165) is 54.6 Å². The highest BCUT2D eigenvalue weighted by molar-refractivity contribution is 5.82. The Bertz CT molecular complexity index is 929. The van der Waals surface area contributed by atoms with Crippen LogP contribution in [0.25, 0.3) is 16.6 Å². The van der Waals surface area contributed by atoms with E-state index in [0.29, 0.717) is 5.91 Å². The third kappa shape index (κ3) is 2.51. The third-order valence-corrected chi connectivity index (χ3v) is 5.33. The smallest absolute Gasteiger partial charge is 0.226 e. The van der Waals surface area contributed by atoms with E-state index >= 15 is 0 Å². The van der Waals surface area contributed by atoms with Crippen LogP contribution in [0.4, 0.5) is 0 Å². The summed E-state index contributed by atoms with van der Waals surface area (Å²) in [6.07, 6.45) is 11.8. The zero-order valence-corrected chi connectivity index (χ0v) is 14.0. The molecule has 1 saturated carbocycles. The van der Waals surface area contributed by atoms with E-state index in [9.17, 15) is 4.79 Å². The number of fused-ring (bicyclic) bond motifs is 1. The van der Waals surface area contributed by atoms with Gasteiger partial charge in [-0.2, -0.15) is 0 Å². The molecular weight excluding hydrogens is 312 g/mol. The maximum atomic E-state index is 12.6. The maximum Gasteiger partial charge on any atom is 0.226 e. The van der Waals surface area contributed by atoms with Gasteiger partial charge >= 0.3 is 0 Å². The Hall–Kier alpha value is -2.69. The van der Waals surface area contributed by atoms with Gasteiger partial charge in [-0.25, -0.2) is 4.98 Å². The highest BCUT2D eigenvalue weighted by Gasteiger charge is 2.39. The Kier molecular flexibility index (Phi) is 3.33. The molecule has 0 N–H and O–H groups in total. The Morgan fingerprint density at radius 2 is 2.04 bits per heavy atom. The fourth-order valence-electron chi connectivity index (χ4n) is 3.86. The lowest BCUT2D eigenvalue weighted by molar-refractivity contribution is -0.133. The summed E-state index contributed by atoms with van der Waals surface area (Å²) in [4.78, 5) is 23.5. The van der Waals surface area contributed by atoms with Gasteiger partial charge in [-0.3, -0.25) is 9.78 Å². The number of hydrogen-bond acceptors (Lipinski definition) is 3. The zero-order chi connectivity index (χ0) is 16.8. The van der Waals surface area contributed by atoms with Gasteiger partial charge in [0.25, 0.3) is 0 Å². The van der Waals surface area contributed by atoms with Gasteiger partial charge in [0, 0.05) is 36.6 Å². The summed E-state index contributed by atoms with van der Waals surface area (Å²) >= 11 is 0. The first-order valence-corrected chi connectivity index (χ1v) is 8.99. The molecule has 1 aliphatic carbocycles. The number of rotatable bonds is 3. The lowest BCUT2D eigenvalue weighted by Crippen LogP contribution is -2.31. The summed E-state index contributed by atoms with van der Waals surface area (Å²) < 4.78 is 2.07. The molecule has 5 rings (SSSR count). The molecule has 0 radical (unpaired) electrons. The quantitative estimate of drug-likeness (QED) is 0.738. The minimum atomic E-state index is 0.127. The van der Waals surface area contributed by atoms with Crippen molar-refractivity contribution < 1.29 is 4.79 Å². The van der Waals surface area contributed by atoms with Gasteiger partial charge in [-0.15, -0.1) is 0 Å². The SMILES string of the molecule is O=C(C1CC1)N1CCC[C@@H]1c1ncn2cc(-c3cccnc3)ccc12. The molecule has 1 saturated heterocycles. The van der Waals surface area contributed by atoms with Crippen molar-refractivity contribution in [2.24, 2.45) is 5.92 Å². The Morgan fingerprint density at radius 1 is 1.12 bits per heavy atom. The average molecular weight is 332 g/mol. The van der Waals surface area contributed by atoms with Crippen molar-refractivity contribution in [2.45, 2.75) is 31.7 Å². The monoisotopic (exact) mass is 332 g/mol. The Morgan fingerprint density at radius 3 is 2.84 bits per heavy atom. The zero-order valence-electron chi connectivity index (χ0n) is 14.0. The van der Waals surface area contributed by atoms with E-state index in [1.165, 1.54) is 0 Å². The number of hydrogen-bond donors (Lipinski definition) is 0.